The zero-order valence-corrected chi connectivity index (χ0v) is 15.5. The maximum absolute atomic E-state index is 12.4. The van der Waals surface area contributed by atoms with Gasteiger partial charge in [0, 0.05) is 39.1 Å². The number of para-hydroxylation sites is 1. The third-order valence-corrected chi connectivity index (χ3v) is 5.56. The molecule has 0 unspecified atom stereocenters. The normalized spacial score (nSPS) is 16.2. The topological polar surface area (TPSA) is 36.4 Å². The Kier molecular flexibility index (Phi) is 5.85. The number of fused-ring (bicyclic) bond motifs is 1. The molecule has 1 amide bonds. The lowest BCUT2D eigenvalue weighted by molar-refractivity contribution is -0.133. The van der Waals surface area contributed by atoms with Gasteiger partial charge in [-0.2, -0.15) is 0 Å². The molecule has 4 nitrogen and oxygen atoms in total. The van der Waals surface area contributed by atoms with Crippen molar-refractivity contribution in [2.24, 2.45) is 5.92 Å². The van der Waals surface area contributed by atoms with Crippen LogP contribution in [-0.2, 0) is 11.2 Å². The Hall–Kier alpha value is -1.46. The van der Waals surface area contributed by atoms with Crippen LogP contribution < -0.4 is 0 Å². The van der Waals surface area contributed by atoms with Crippen molar-refractivity contribution in [2.45, 2.75) is 33.1 Å². The second-order valence-corrected chi connectivity index (χ2v) is 8.12. The van der Waals surface area contributed by atoms with Crippen LogP contribution in [0.2, 0.25) is 0 Å². The zero-order valence-electron chi connectivity index (χ0n) is 14.7. The van der Waals surface area contributed by atoms with Crippen molar-refractivity contribution in [1.29, 1.82) is 0 Å². The molecule has 0 radical (unpaired) electrons. The Balaban J connectivity index is 1.41. The predicted molar refractivity (Wildman–Crippen MR) is 100 cm³/mol. The van der Waals surface area contributed by atoms with E-state index < -0.39 is 0 Å². The van der Waals surface area contributed by atoms with E-state index in [1.807, 2.05) is 17.0 Å². The summed E-state index contributed by atoms with van der Waals surface area (Å²) in [5, 5.41) is 1.14. The number of carbonyl (C=O) groups is 1. The first-order valence-corrected chi connectivity index (χ1v) is 9.78. The van der Waals surface area contributed by atoms with Gasteiger partial charge >= 0.3 is 0 Å². The quantitative estimate of drug-likeness (QED) is 0.805. The van der Waals surface area contributed by atoms with E-state index >= 15 is 0 Å². The van der Waals surface area contributed by atoms with Gasteiger partial charge in [-0.15, -0.1) is 11.3 Å². The van der Waals surface area contributed by atoms with Crippen LogP contribution in [0.5, 0.6) is 0 Å². The number of thiazole rings is 1. The van der Waals surface area contributed by atoms with Gasteiger partial charge in [-0.3, -0.25) is 9.69 Å². The fourth-order valence-electron chi connectivity index (χ4n) is 3.27. The van der Waals surface area contributed by atoms with Gasteiger partial charge in [-0.05, 0) is 30.9 Å². The summed E-state index contributed by atoms with van der Waals surface area (Å²) in [7, 11) is 0. The maximum atomic E-state index is 12.4. The van der Waals surface area contributed by atoms with Crippen molar-refractivity contribution in [2.75, 3.05) is 32.7 Å². The van der Waals surface area contributed by atoms with E-state index in [1.165, 1.54) is 4.70 Å². The largest absolute Gasteiger partial charge is 0.340 e. The number of piperazine rings is 1. The number of amides is 1. The molecule has 2 heterocycles. The number of hydrogen-bond donors (Lipinski definition) is 0. The van der Waals surface area contributed by atoms with Gasteiger partial charge in [0.1, 0.15) is 0 Å². The molecule has 1 aromatic heterocycles. The molecular weight excluding hydrogens is 318 g/mol. The first-order chi connectivity index (χ1) is 11.6. The van der Waals surface area contributed by atoms with E-state index in [4.69, 9.17) is 0 Å². The van der Waals surface area contributed by atoms with Crippen LogP contribution in [-0.4, -0.2) is 53.4 Å². The second kappa shape index (κ2) is 8.08. The van der Waals surface area contributed by atoms with Gasteiger partial charge in [0.15, 0.2) is 0 Å². The van der Waals surface area contributed by atoms with Crippen LogP contribution >= 0.6 is 11.3 Å². The van der Waals surface area contributed by atoms with Crippen LogP contribution in [0.3, 0.4) is 0 Å². The molecule has 3 rings (SSSR count). The number of aromatic nitrogens is 1. The Morgan fingerprint density at radius 3 is 2.67 bits per heavy atom. The number of hydrogen-bond acceptors (Lipinski definition) is 4. The summed E-state index contributed by atoms with van der Waals surface area (Å²) in [6.07, 6.45) is 2.43. The number of carbonyl (C=O) groups excluding carboxylic acids is 1. The first kappa shape index (κ1) is 17.4. The predicted octanol–water partition coefficient (Wildman–Crippen LogP) is 3.42. The summed E-state index contributed by atoms with van der Waals surface area (Å²) in [4.78, 5) is 21.5. The number of rotatable bonds is 6. The lowest BCUT2D eigenvalue weighted by atomic mass is 10.1. The molecule has 1 fully saturated rings. The van der Waals surface area contributed by atoms with Crippen LogP contribution in [0.1, 0.15) is 31.7 Å². The van der Waals surface area contributed by atoms with E-state index in [1.54, 1.807) is 11.3 Å². The Morgan fingerprint density at radius 2 is 1.96 bits per heavy atom. The summed E-state index contributed by atoms with van der Waals surface area (Å²) in [6, 6.07) is 8.23. The third kappa shape index (κ3) is 4.54. The molecule has 0 atom stereocenters. The number of nitrogens with zero attached hydrogens (tertiary/aromatic N) is 3. The van der Waals surface area contributed by atoms with Crippen LogP contribution in [0.4, 0.5) is 0 Å². The van der Waals surface area contributed by atoms with E-state index in [2.05, 4.69) is 35.9 Å². The molecule has 0 aliphatic carbocycles. The fourth-order valence-corrected chi connectivity index (χ4v) is 4.28. The Morgan fingerprint density at radius 1 is 1.21 bits per heavy atom. The van der Waals surface area contributed by atoms with Gasteiger partial charge in [0.25, 0.3) is 0 Å². The first-order valence-electron chi connectivity index (χ1n) is 8.96. The smallest absolute Gasteiger partial charge is 0.222 e. The molecule has 1 aliphatic rings. The third-order valence-electron chi connectivity index (χ3n) is 4.47. The minimum atomic E-state index is 0.306. The molecule has 5 heteroatoms. The fraction of sp³-hybridized carbons (Fsp3) is 0.579. The minimum absolute atomic E-state index is 0.306. The Bertz CT molecular complexity index is 641. The second-order valence-electron chi connectivity index (χ2n) is 7.00. The monoisotopic (exact) mass is 345 g/mol. The van der Waals surface area contributed by atoms with Gasteiger partial charge in [0.2, 0.25) is 5.91 Å². The average molecular weight is 346 g/mol. The van der Waals surface area contributed by atoms with Crippen molar-refractivity contribution >= 4 is 27.5 Å². The number of aryl methyl sites for hydroxylation is 1. The van der Waals surface area contributed by atoms with E-state index in [9.17, 15) is 4.79 Å². The summed E-state index contributed by atoms with van der Waals surface area (Å²) < 4.78 is 1.24. The average Bonchev–Trinajstić information content (AvgIpc) is 2.97. The van der Waals surface area contributed by atoms with Gasteiger partial charge in [-0.25, -0.2) is 4.98 Å². The molecule has 0 saturated carbocycles. The molecule has 0 N–H and O–H groups in total. The zero-order chi connectivity index (χ0) is 16.9. The van der Waals surface area contributed by atoms with Crippen LogP contribution in [0.15, 0.2) is 24.3 Å². The summed E-state index contributed by atoms with van der Waals surface area (Å²) in [5.41, 5.74) is 1.07. The van der Waals surface area contributed by atoms with Crippen molar-refractivity contribution in [1.82, 2.24) is 14.8 Å². The minimum Gasteiger partial charge on any atom is -0.340 e. The van der Waals surface area contributed by atoms with Crippen LogP contribution in [0.25, 0.3) is 10.2 Å². The molecule has 130 valence electrons. The number of benzene rings is 1. The molecule has 0 spiro atoms. The summed E-state index contributed by atoms with van der Waals surface area (Å²) in [6.45, 7) is 9.43. The van der Waals surface area contributed by atoms with Crippen molar-refractivity contribution in [3.05, 3.63) is 29.3 Å². The molecule has 24 heavy (non-hydrogen) atoms. The lowest BCUT2D eigenvalue weighted by Gasteiger charge is -2.35. The molecule has 2 aromatic rings. The molecule has 1 saturated heterocycles. The molecule has 1 aromatic carbocycles. The van der Waals surface area contributed by atoms with E-state index in [0.29, 0.717) is 18.2 Å². The Labute approximate surface area is 148 Å². The lowest BCUT2D eigenvalue weighted by Crippen LogP contribution is -2.49. The highest BCUT2D eigenvalue weighted by molar-refractivity contribution is 7.18. The molecular formula is C19H27N3OS. The SMILES string of the molecule is CC(C)CN1CCN(C(=O)CCCc2nc3ccccc3s2)CC1. The maximum Gasteiger partial charge on any atom is 0.222 e. The van der Waals surface area contributed by atoms with Crippen molar-refractivity contribution in [3.63, 3.8) is 0 Å². The van der Waals surface area contributed by atoms with Crippen molar-refractivity contribution in [3.8, 4) is 0 Å². The highest BCUT2D eigenvalue weighted by Gasteiger charge is 2.21. The standard InChI is InChI=1S/C19H27N3OS/c1-15(2)14-21-10-12-22(13-11-21)19(23)9-5-8-18-20-16-6-3-4-7-17(16)24-18/h3-4,6-7,15H,5,8-14H2,1-2H3. The van der Waals surface area contributed by atoms with E-state index in [0.717, 1.165) is 56.1 Å². The summed E-state index contributed by atoms with van der Waals surface area (Å²) in [5.74, 6) is 1.00. The highest BCUT2D eigenvalue weighted by atomic mass is 32.1. The van der Waals surface area contributed by atoms with Crippen LogP contribution in [0, 0.1) is 5.92 Å². The van der Waals surface area contributed by atoms with Crippen molar-refractivity contribution < 1.29 is 4.79 Å². The van der Waals surface area contributed by atoms with E-state index in [-0.39, 0.29) is 0 Å². The highest BCUT2D eigenvalue weighted by Crippen LogP contribution is 2.22. The molecule has 1 aliphatic heterocycles. The molecule has 0 bridgehead atoms. The van der Waals surface area contributed by atoms with Gasteiger partial charge in [-0.1, -0.05) is 26.0 Å². The summed E-state index contributed by atoms with van der Waals surface area (Å²) >= 11 is 1.75. The van der Waals surface area contributed by atoms with Gasteiger partial charge in [0.05, 0.1) is 15.2 Å². The van der Waals surface area contributed by atoms with Gasteiger partial charge < -0.3 is 4.90 Å².